The summed E-state index contributed by atoms with van der Waals surface area (Å²) >= 11 is 0. The number of hydrogen-bond acceptors (Lipinski definition) is 2. The number of hydrogen-bond donors (Lipinski definition) is 1. The molecule has 2 atom stereocenters. The van der Waals surface area contributed by atoms with Gasteiger partial charge >= 0.3 is 0 Å². The van der Waals surface area contributed by atoms with Crippen LogP contribution >= 0.6 is 0 Å². The molecule has 1 heterocycles. The first-order chi connectivity index (χ1) is 10.2. The molecule has 0 amide bonds. The van der Waals surface area contributed by atoms with Crippen LogP contribution in [0.4, 0.5) is 11.4 Å². The van der Waals surface area contributed by atoms with Gasteiger partial charge in [-0.3, -0.25) is 0 Å². The maximum absolute atomic E-state index is 3.73. The first kappa shape index (κ1) is 14.5. The zero-order valence-corrected chi connectivity index (χ0v) is 13.4. The zero-order chi connectivity index (χ0) is 14.7. The Morgan fingerprint density at radius 1 is 1.19 bits per heavy atom. The Labute approximate surface area is 129 Å². The molecule has 0 saturated carbocycles. The van der Waals surface area contributed by atoms with Gasteiger partial charge in [-0.1, -0.05) is 30.7 Å². The largest absolute Gasteiger partial charge is 0.383 e. The minimum atomic E-state index is 0.736. The monoisotopic (exact) mass is 284 g/mol. The Morgan fingerprint density at radius 3 is 2.71 bits per heavy atom. The van der Waals surface area contributed by atoms with Gasteiger partial charge in [0.25, 0.3) is 0 Å². The summed E-state index contributed by atoms with van der Waals surface area (Å²) in [6.07, 6.45) is 7.67. The minimum absolute atomic E-state index is 0.736. The number of para-hydroxylation sites is 2. The number of rotatable bonds is 4. The van der Waals surface area contributed by atoms with Crippen LogP contribution in [0.25, 0.3) is 0 Å². The highest BCUT2D eigenvalue weighted by molar-refractivity contribution is 5.70. The van der Waals surface area contributed by atoms with Crippen molar-refractivity contribution < 1.29 is 0 Å². The molecular weight excluding hydrogens is 256 g/mol. The van der Waals surface area contributed by atoms with Crippen molar-refractivity contribution in [3.05, 3.63) is 35.9 Å². The smallest absolute Gasteiger partial charge is 0.0602 e. The van der Waals surface area contributed by atoms with Gasteiger partial charge < -0.3 is 10.2 Å². The predicted molar refractivity (Wildman–Crippen MR) is 92.0 cm³/mol. The summed E-state index contributed by atoms with van der Waals surface area (Å²) in [4.78, 5) is 2.52. The second kappa shape index (κ2) is 6.55. The molecule has 1 aliphatic heterocycles. The van der Waals surface area contributed by atoms with Crippen LogP contribution in [0.2, 0.25) is 0 Å². The molecule has 3 rings (SSSR count). The van der Waals surface area contributed by atoms with Crippen molar-refractivity contribution in [3.8, 4) is 0 Å². The van der Waals surface area contributed by atoms with E-state index in [1.807, 2.05) is 0 Å². The van der Waals surface area contributed by atoms with E-state index in [1.165, 1.54) is 50.1 Å². The van der Waals surface area contributed by atoms with E-state index in [9.17, 15) is 0 Å². The summed E-state index contributed by atoms with van der Waals surface area (Å²) in [6.45, 7) is 8.14. The molecule has 1 aliphatic carbocycles. The van der Waals surface area contributed by atoms with Crippen molar-refractivity contribution >= 4 is 11.4 Å². The van der Waals surface area contributed by atoms with Gasteiger partial charge in [0.1, 0.15) is 0 Å². The Bertz CT molecular complexity index is 500. The van der Waals surface area contributed by atoms with Crippen molar-refractivity contribution in [2.24, 2.45) is 11.8 Å². The molecule has 1 fully saturated rings. The molecule has 2 unspecified atom stereocenters. The van der Waals surface area contributed by atoms with Crippen LogP contribution in [-0.2, 0) is 0 Å². The third kappa shape index (κ3) is 3.61. The van der Waals surface area contributed by atoms with Gasteiger partial charge in [-0.25, -0.2) is 0 Å². The van der Waals surface area contributed by atoms with Crippen molar-refractivity contribution in [2.45, 2.75) is 39.5 Å². The van der Waals surface area contributed by atoms with Gasteiger partial charge in [0.05, 0.1) is 11.4 Å². The first-order valence-electron chi connectivity index (χ1n) is 8.47. The third-order valence-electron chi connectivity index (χ3n) is 4.82. The quantitative estimate of drug-likeness (QED) is 0.807. The highest BCUT2D eigenvalue weighted by atomic mass is 15.2. The Morgan fingerprint density at radius 2 is 1.95 bits per heavy atom. The molecule has 1 saturated heterocycles. The standard InChI is InChI=1S/C19H28N2/c1-15-11-16(2)13-17(12-15)14-20-18-7-3-4-8-19(18)21-9-5-6-10-21/h3-4,7-8,11,15,17,20H,5-6,9-10,12-14H2,1-2H3. The van der Waals surface area contributed by atoms with Gasteiger partial charge in [0.15, 0.2) is 0 Å². The van der Waals surface area contributed by atoms with E-state index in [0.29, 0.717) is 0 Å². The Hall–Kier alpha value is -1.44. The second-order valence-corrected chi connectivity index (χ2v) is 6.89. The summed E-state index contributed by atoms with van der Waals surface area (Å²) in [5.74, 6) is 1.51. The normalized spacial score (nSPS) is 25.8. The summed E-state index contributed by atoms with van der Waals surface area (Å²) in [7, 11) is 0. The fraction of sp³-hybridized carbons (Fsp3) is 0.579. The lowest BCUT2D eigenvalue weighted by atomic mass is 9.83. The molecule has 1 N–H and O–H groups in total. The minimum Gasteiger partial charge on any atom is -0.383 e. The molecule has 2 aliphatic rings. The van der Waals surface area contributed by atoms with Crippen LogP contribution in [-0.4, -0.2) is 19.6 Å². The van der Waals surface area contributed by atoms with E-state index in [0.717, 1.165) is 18.4 Å². The molecule has 0 spiro atoms. The maximum Gasteiger partial charge on any atom is 0.0602 e. The van der Waals surface area contributed by atoms with Crippen LogP contribution in [0.5, 0.6) is 0 Å². The molecule has 0 bridgehead atoms. The number of nitrogens with one attached hydrogen (secondary N) is 1. The molecule has 1 aromatic carbocycles. The van der Waals surface area contributed by atoms with Crippen molar-refractivity contribution in [3.63, 3.8) is 0 Å². The number of nitrogens with zero attached hydrogens (tertiary/aromatic N) is 1. The van der Waals surface area contributed by atoms with Gasteiger partial charge in [-0.2, -0.15) is 0 Å². The summed E-state index contributed by atoms with van der Waals surface area (Å²) in [6, 6.07) is 8.82. The third-order valence-corrected chi connectivity index (χ3v) is 4.82. The first-order valence-corrected chi connectivity index (χ1v) is 8.47. The Balaban J connectivity index is 1.64. The van der Waals surface area contributed by atoms with Crippen LogP contribution < -0.4 is 10.2 Å². The number of anilines is 2. The lowest BCUT2D eigenvalue weighted by Gasteiger charge is -2.27. The van der Waals surface area contributed by atoms with E-state index in [4.69, 9.17) is 0 Å². The fourth-order valence-electron chi connectivity index (χ4n) is 3.95. The summed E-state index contributed by atoms with van der Waals surface area (Å²) in [5, 5.41) is 3.73. The number of benzene rings is 1. The average molecular weight is 284 g/mol. The lowest BCUT2D eigenvalue weighted by molar-refractivity contribution is 0.421. The van der Waals surface area contributed by atoms with E-state index in [-0.39, 0.29) is 0 Å². The molecule has 1 aromatic rings. The van der Waals surface area contributed by atoms with Crippen molar-refractivity contribution in [1.29, 1.82) is 0 Å². The van der Waals surface area contributed by atoms with Crippen LogP contribution in [0.15, 0.2) is 35.9 Å². The van der Waals surface area contributed by atoms with Crippen LogP contribution in [0, 0.1) is 11.8 Å². The lowest BCUT2D eigenvalue weighted by Crippen LogP contribution is -2.23. The van der Waals surface area contributed by atoms with Crippen LogP contribution in [0.3, 0.4) is 0 Å². The van der Waals surface area contributed by atoms with E-state index >= 15 is 0 Å². The topological polar surface area (TPSA) is 15.3 Å². The van der Waals surface area contributed by atoms with E-state index < -0.39 is 0 Å². The average Bonchev–Trinajstić information content (AvgIpc) is 2.98. The molecule has 114 valence electrons. The molecule has 0 radical (unpaired) electrons. The van der Waals surface area contributed by atoms with E-state index in [1.54, 1.807) is 5.57 Å². The highest BCUT2D eigenvalue weighted by Gasteiger charge is 2.19. The molecule has 21 heavy (non-hydrogen) atoms. The van der Waals surface area contributed by atoms with Crippen molar-refractivity contribution in [1.82, 2.24) is 0 Å². The fourth-order valence-corrected chi connectivity index (χ4v) is 3.95. The molecular formula is C19H28N2. The van der Waals surface area contributed by atoms with Gasteiger partial charge in [0, 0.05) is 19.6 Å². The van der Waals surface area contributed by atoms with Gasteiger partial charge in [-0.05, 0) is 56.6 Å². The summed E-state index contributed by atoms with van der Waals surface area (Å²) in [5.41, 5.74) is 4.28. The predicted octanol–water partition coefficient (Wildman–Crippen LogP) is 4.69. The Kier molecular flexibility index (Phi) is 4.52. The SMILES string of the molecule is CC1=CC(C)CC(CNc2ccccc2N2CCCC2)C1. The maximum atomic E-state index is 3.73. The van der Waals surface area contributed by atoms with E-state index in [2.05, 4.69) is 54.4 Å². The molecule has 2 nitrogen and oxygen atoms in total. The summed E-state index contributed by atoms with van der Waals surface area (Å²) < 4.78 is 0. The molecule has 0 aromatic heterocycles. The van der Waals surface area contributed by atoms with Crippen molar-refractivity contribution in [2.75, 3.05) is 29.9 Å². The second-order valence-electron chi connectivity index (χ2n) is 6.89. The van der Waals surface area contributed by atoms with Gasteiger partial charge in [-0.15, -0.1) is 0 Å². The van der Waals surface area contributed by atoms with Gasteiger partial charge in [0.2, 0.25) is 0 Å². The highest BCUT2D eigenvalue weighted by Crippen LogP contribution is 2.31. The van der Waals surface area contributed by atoms with Crippen LogP contribution in [0.1, 0.15) is 39.5 Å². The number of allylic oxidation sites excluding steroid dienone is 2. The zero-order valence-electron chi connectivity index (χ0n) is 13.4. The molecule has 2 heteroatoms.